The molecule has 0 aromatic rings. The second kappa shape index (κ2) is 3.11. The molecular formula is C11H19NO3. The molecule has 4 heteroatoms. The zero-order valence-corrected chi connectivity index (χ0v) is 9.62. The first-order valence-electron chi connectivity index (χ1n) is 5.45. The Bertz CT molecular complexity index is 276. The predicted octanol–water partition coefficient (Wildman–Crippen LogP) is 1.24. The van der Waals surface area contributed by atoms with E-state index in [2.05, 4.69) is 0 Å². The van der Waals surface area contributed by atoms with Crippen LogP contribution in [-0.4, -0.2) is 41.4 Å². The summed E-state index contributed by atoms with van der Waals surface area (Å²) in [5.74, 6) is 0.413. The van der Waals surface area contributed by atoms with Crippen LogP contribution in [0.1, 0.15) is 27.2 Å². The molecule has 86 valence electrons. The van der Waals surface area contributed by atoms with Crippen LogP contribution in [0.25, 0.3) is 0 Å². The number of rotatable bonds is 1. The molecule has 1 amide bonds. The van der Waals surface area contributed by atoms with E-state index in [0.717, 1.165) is 19.5 Å². The zero-order valence-electron chi connectivity index (χ0n) is 9.62. The van der Waals surface area contributed by atoms with Crippen LogP contribution in [0.5, 0.6) is 0 Å². The first-order valence-corrected chi connectivity index (χ1v) is 5.45. The van der Waals surface area contributed by atoms with Crippen LogP contribution < -0.4 is 0 Å². The molecule has 2 aliphatic rings. The maximum atomic E-state index is 11.6. The van der Waals surface area contributed by atoms with Crippen LogP contribution in [0.15, 0.2) is 0 Å². The van der Waals surface area contributed by atoms with Gasteiger partial charge >= 0.3 is 6.09 Å². The maximum absolute atomic E-state index is 11.6. The summed E-state index contributed by atoms with van der Waals surface area (Å²) in [6.45, 7) is 7.37. The fourth-order valence-electron chi connectivity index (χ4n) is 2.25. The topological polar surface area (TPSA) is 49.8 Å². The lowest BCUT2D eigenvalue weighted by molar-refractivity contribution is -0.0111. The molecule has 0 radical (unpaired) electrons. The second-order valence-electron chi connectivity index (χ2n) is 5.78. The van der Waals surface area contributed by atoms with E-state index >= 15 is 0 Å². The van der Waals surface area contributed by atoms with E-state index in [1.165, 1.54) is 0 Å². The average molecular weight is 213 g/mol. The molecule has 1 N–H and O–H groups in total. The van der Waals surface area contributed by atoms with E-state index in [4.69, 9.17) is 9.84 Å². The summed E-state index contributed by atoms with van der Waals surface area (Å²) in [4.78, 5) is 13.3. The molecule has 1 aliphatic heterocycles. The minimum atomic E-state index is -0.417. The Balaban J connectivity index is 1.78. The molecule has 1 aliphatic carbocycles. The van der Waals surface area contributed by atoms with Crippen LogP contribution >= 0.6 is 0 Å². The molecule has 0 bridgehead atoms. The van der Waals surface area contributed by atoms with E-state index in [1.54, 1.807) is 4.90 Å². The van der Waals surface area contributed by atoms with Crippen LogP contribution in [0.3, 0.4) is 0 Å². The number of aliphatic hydroxyl groups is 1. The number of amides is 1. The minimum Gasteiger partial charge on any atom is -0.444 e. The first-order chi connectivity index (χ1) is 6.86. The minimum absolute atomic E-state index is 0.225. The molecule has 15 heavy (non-hydrogen) atoms. The molecule has 1 saturated heterocycles. The lowest BCUT2D eigenvalue weighted by Crippen LogP contribution is -2.54. The lowest BCUT2D eigenvalue weighted by atomic mass is 9.94. The molecule has 0 aromatic heterocycles. The largest absolute Gasteiger partial charge is 0.444 e. The van der Waals surface area contributed by atoms with Gasteiger partial charge in [0.05, 0.1) is 0 Å². The standard InChI is InChI=1S/C11H19NO3/c1-10(2,3)15-9(14)12-6-11(7-12)4-8(11)5-13/h8,13H,4-7H2,1-3H3. The van der Waals surface area contributed by atoms with Gasteiger partial charge in [0, 0.05) is 25.1 Å². The summed E-state index contributed by atoms with van der Waals surface area (Å²) in [6, 6.07) is 0. The molecular weight excluding hydrogens is 194 g/mol. The Labute approximate surface area is 90.2 Å². The molecule has 4 nitrogen and oxygen atoms in total. The SMILES string of the molecule is CC(C)(C)OC(=O)N1CC2(CC2CO)C1. The summed E-state index contributed by atoms with van der Waals surface area (Å²) >= 11 is 0. The van der Waals surface area contributed by atoms with Crippen molar-refractivity contribution < 1.29 is 14.6 Å². The molecule has 2 fully saturated rings. The molecule has 1 unspecified atom stereocenters. The number of carbonyl (C=O) groups excluding carboxylic acids is 1. The Hall–Kier alpha value is -0.770. The van der Waals surface area contributed by atoms with E-state index < -0.39 is 5.60 Å². The Kier molecular flexibility index (Phi) is 2.23. The van der Waals surface area contributed by atoms with Gasteiger partial charge in [-0.3, -0.25) is 0 Å². The van der Waals surface area contributed by atoms with Gasteiger partial charge < -0.3 is 14.7 Å². The van der Waals surface area contributed by atoms with Crippen molar-refractivity contribution in [1.29, 1.82) is 0 Å². The van der Waals surface area contributed by atoms with E-state index in [9.17, 15) is 4.79 Å². The zero-order chi connectivity index (χ0) is 11.3. The Morgan fingerprint density at radius 2 is 2.13 bits per heavy atom. The van der Waals surface area contributed by atoms with Crippen LogP contribution in [0, 0.1) is 11.3 Å². The summed E-state index contributed by atoms with van der Waals surface area (Å²) < 4.78 is 5.26. The fraction of sp³-hybridized carbons (Fsp3) is 0.909. The molecule has 1 atom stereocenters. The molecule has 1 saturated carbocycles. The highest BCUT2D eigenvalue weighted by Crippen LogP contribution is 2.58. The summed E-state index contributed by atoms with van der Waals surface area (Å²) in [5, 5.41) is 8.98. The monoisotopic (exact) mass is 213 g/mol. The van der Waals surface area contributed by atoms with E-state index in [-0.39, 0.29) is 18.1 Å². The van der Waals surface area contributed by atoms with Gasteiger partial charge in [0.1, 0.15) is 5.60 Å². The van der Waals surface area contributed by atoms with Crippen molar-refractivity contribution in [1.82, 2.24) is 4.90 Å². The highest BCUT2D eigenvalue weighted by Gasteiger charge is 2.62. The number of hydrogen-bond acceptors (Lipinski definition) is 3. The molecule has 1 heterocycles. The van der Waals surface area contributed by atoms with Crippen molar-refractivity contribution in [3.8, 4) is 0 Å². The number of hydrogen-bond donors (Lipinski definition) is 1. The lowest BCUT2D eigenvalue weighted by Gasteiger charge is -2.41. The Morgan fingerprint density at radius 3 is 2.53 bits per heavy atom. The molecule has 0 aromatic carbocycles. The third-order valence-corrected chi connectivity index (χ3v) is 3.24. The summed E-state index contributed by atoms with van der Waals surface area (Å²) in [7, 11) is 0. The quantitative estimate of drug-likeness (QED) is 0.713. The van der Waals surface area contributed by atoms with Gasteiger partial charge in [0.15, 0.2) is 0 Å². The highest BCUT2D eigenvalue weighted by molar-refractivity contribution is 5.69. The number of ether oxygens (including phenoxy) is 1. The third-order valence-electron chi connectivity index (χ3n) is 3.24. The van der Waals surface area contributed by atoms with E-state index in [0.29, 0.717) is 5.92 Å². The van der Waals surface area contributed by atoms with Gasteiger partial charge in [0.25, 0.3) is 0 Å². The normalized spacial score (nSPS) is 27.5. The fourth-order valence-corrected chi connectivity index (χ4v) is 2.25. The summed E-state index contributed by atoms with van der Waals surface area (Å²) in [5.41, 5.74) is -0.175. The van der Waals surface area contributed by atoms with Crippen LogP contribution in [0.4, 0.5) is 4.79 Å². The van der Waals surface area contributed by atoms with Crippen LogP contribution in [-0.2, 0) is 4.74 Å². The van der Waals surface area contributed by atoms with Gasteiger partial charge in [-0.15, -0.1) is 0 Å². The Morgan fingerprint density at radius 1 is 1.53 bits per heavy atom. The second-order valence-corrected chi connectivity index (χ2v) is 5.78. The average Bonchev–Trinajstić information content (AvgIpc) is 2.71. The number of likely N-dealkylation sites (tertiary alicyclic amines) is 1. The van der Waals surface area contributed by atoms with Crippen molar-refractivity contribution in [2.24, 2.45) is 11.3 Å². The predicted molar refractivity (Wildman–Crippen MR) is 55.4 cm³/mol. The van der Waals surface area contributed by atoms with Crippen LogP contribution in [0.2, 0.25) is 0 Å². The van der Waals surface area contributed by atoms with Crippen molar-refractivity contribution in [2.45, 2.75) is 32.8 Å². The van der Waals surface area contributed by atoms with Crippen molar-refractivity contribution in [3.05, 3.63) is 0 Å². The number of nitrogens with zero attached hydrogens (tertiary/aromatic N) is 1. The smallest absolute Gasteiger partial charge is 0.410 e. The first kappa shape index (κ1) is 10.7. The van der Waals surface area contributed by atoms with Crippen molar-refractivity contribution >= 4 is 6.09 Å². The number of aliphatic hydroxyl groups excluding tert-OH is 1. The maximum Gasteiger partial charge on any atom is 0.410 e. The highest BCUT2D eigenvalue weighted by atomic mass is 16.6. The van der Waals surface area contributed by atoms with Gasteiger partial charge in [-0.05, 0) is 33.1 Å². The third kappa shape index (κ3) is 1.95. The van der Waals surface area contributed by atoms with Gasteiger partial charge in [0.2, 0.25) is 0 Å². The van der Waals surface area contributed by atoms with Crippen molar-refractivity contribution in [2.75, 3.05) is 19.7 Å². The summed E-state index contributed by atoms with van der Waals surface area (Å²) in [6.07, 6.45) is 0.833. The molecule has 2 rings (SSSR count). The van der Waals surface area contributed by atoms with E-state index in [1.807, 2.05) is 20.8 Å². The van der Waals surface area contributed by atoms with Gasteiger partial charge in [-0.2, -0.15) is 0 Å². The molecule has 1 spiro atoms. The van der Waals surface area contributed by atoms with Gasteiger partial charge in [-0.25, -0.2) is 4.79 Å². The number of carbonyl (C=O) groups is 1. The van der Waals surface area contributed by atoms with Gasteiger partial charge in [-0.1, -0.05) is 0 Å². The van der Waals surface area contributed by atoms with Crippen molar-refractivity contribution in [3.63, 3.8) is 0 Å².